The summed E-state index contributed by atoms with van der Waals surface area (Å²) in [5.41, 5.74) is 6.93. The molecule has 21 heavy (non-hydrogen) atoms. The van der Waals surface area contributed by atoms with Crippen molar-refractivity contribution in [2.45, 2.75) is 6.61 Å². The molecule has 0 radical (unpaired) electrons. The van der Waals surface area contributed by atoms with Crippen molar-refractivity contribution in [3.05, 3.63) is 57.6 Å². The van der Waals surface area contributed by atoms with Gasteiger partial charge in [-0.1, -0.05) is 35.3 Å². The average molecular weight is 326 g/mol. The topological polar surface area (TPSA) is 61.5 Å². The quantitative estimate of drug-likeness (QED) is 0.683. The van der Waals surface area contributed by atoms with E-state index in [9.17, 15) is 4.79 Å². The lowest BCUT2D eigenvalue weighted by Gasteiger charge is -2.09. The van der Waals surface area contributed by atoms with E-state index in [1.54, 1.807) is 19.2 Å². The minimum absolute atomic E-state index is 0.0960. The fourth-order valence-electron chi connectivity index (χ4n) is 1.75. The second-order valence-electron chi connectivity index (χ2n) is 4.29. The maximum atomic E-state index is 12.0. The van der Waals surface area contributed by atoms with Gasteiger partial charge in [0.15, 0.2) is 0 Å². The Balaban J connectivity index is 2.11. The third kappa shape index (κ3) is 3.80. The first-order valence-electron chi connectivity index (χ1n) is 6.06. The van der Waals surface area contributed by atoms with Crippen LogP contribution in [0.5, 0.6) is 5.75 Å². The standard InChI is InChI=1S/C15H13Cl2NO3/c1-20-11-4-2-3-9(5-11)8-21-15(19)12-6-10(18)7-13(16)14(12)17/h2-7H,8,18H2,1H3. The molecule has 0 saturated carbocycles. The van der Waals surface area contributed by atoms with E-state index in [-0.39, 0.29) is 22.2 Å². The molecule has 110 valence electrons. The fraction of sp³-hybridized carbons (Fsp3) is 0.133. The Kier molecular flexibility index (Phi) is 4.94. The molecule has 0 amide bonds. The molecule has 2 aromatic rings. The van der Waals surface area contributed by atoms with Crippen LogP contribution >= 0.6 is 23.2 Å². The summed E-state index contributed by atoms with van der Waals surface area (Å²) in [4.78, 5) is 12.0. The summed E-state index contributed by atoms with van der Waals surface area (Å²) in [6.07, 6.45) is 0. The van der Waals surface area contributed by atoms with Gasteiger partial charge < -0.3 is 15.2 Å². The van der Waals surface area contributed by atoms with Gasteiger partial charge in [0.2, 0.25) is 0 Å². The van der Waals surface area contributed by atoms with Gasteiger partial charge in [0.25, 0.3) is 0 Å². The minimum Gasteiger partial charge on any atom is -0.497 e. The molecule has 0 fully saturated rings. The number of nitrogens with two attached hydrogens (primary N) is 1. The van der Waals surface area contributed by atoms with Crippen molar-refractivity contribution in [2.75, 3.05) is 12.8 Å². The number of nitrogen functional groups attached to an aromatic ring is 1. The smallest absolute Gasteiger partial charge is 0.340 e. The highest BCUT2D eigenvalue weighted by Crippen LogP contribution is 2.29. The second-order valence-corrected chi connectivity index (χ2v) is 5.08. The zero-order valence-corrected chi connectivity index (χ0v) is 12.7. The van der Waals surface area contributed by atoms with Crippen molar-refractivity contribution < 1.29 is 14.3 Å². The van der Waals surface area contributed by atoms with Crippen LogP contribution in [0.1, 0.15) is 15.9 Å². The highest BCUT2D eigenvalue weighted by molar-refractivity contribution is 6.44. The number of methoxy groups -OCH3 is 1. The van der Waals surface area contributed by atoms with Crippen LogP contribution in [0.2, 0.25) is 10.0 Å². The Hall–Kier alpha value is -1.91. The second kappa shape index (κ2) is 6.70. The molecule has 2 aromatic carbocycles. The molecule has 0 spiro atoms. The first-order valence-corrected chi connectivity index (χ1v) is 6.81. The number of carbonyl (C=O) groups excluding carboxylic acids is 1. The van der Waals surface area contributed by atoms with Crippen LogP contribution in [0.4, 0.5) is 5.69 Å². The van der Waals surface area contributed by atoms with Gasteiger partial charge in [-0.25, -0.2) is 4.79 Å². The molecule has 2 N–H and O–H groups in total. The fourth-order valence-corrected chi connectivity index (χ4v) is 2.16. The molecule has 0 aromatic heterocycles. The van der Waals surface area contributed by atoms with Gasteiger partial charge >= 0.3 is 5.97 Å². The lowest BCUT2D eigenvalue weighted by Crippen LogP contribution is -2.07. The SMILES string of the molecule is COc1cccc(COC(=O)c2cc(N)cc(Cl)c2Cl)c1. The molecule has 0 atom stereocenters. The average Bonchev–Trinajstić information content (AvgIpc) is 2.48. The van der Waals surface area contributed by atoms with Crippen LogP contribution in [0.25, 0.3) is 0 Å². The van der Waals surface area contributed by atoms with Crippen LogP contribution in [-0.2, 0) is 11.3 Å². The van der Waals surface area contributed by atoms with E-state index >= 15 is 0 Å². The van der Waals surface area contributed by atoms with Crippen LogP contribution in [-0.4, -0.2) is 13.1 Å². The van der Waals surface area contributed by atoms with Crippen molar-refractivity contribution >= 4 is 34.9 Å². The molecule has 0 saturated heterocycles. The third-order valence-corrected chi connectivity index (χ3v) is 3.58. The van der Waals surface area contributed by atoms with Crippen LogP contribution < -0.4 is 10.5 Å². The van der Waals surface area contributed by atoms with Crippen LogP contribution in [0.3, 0.4) is 0 Å². The van der Waals surface area contributed by atoms with Crippen molar-refractivity contribution in [1.29, 1.82) is 0 Å². The normalized spacial score (nSPS) is 10.2. The van der Waals surface area contributed by atoms with Crippen LogP contribution in [0.15, 0.2) is 36.4 Å². The predicted octanol–water partition coefficient (Wildman–Crippen LogP) is 3.94. The van der Waals surface area contributed by atoms with Crippen molar-refractivity contribution in [3.63, 3.8) is 0 Å². The van der Waals surface area contributed by atoms with Gasteiger partial charge in [0.1, 0.15) is 12.4 Å². The largest absolute Gasteiger partial charge is 0.497 e. The molecule has 6 heteroatoms. The Labute approximate surface area is 132 Å². The molecule has 0 aliphatic carbocycles. The minimum atomic E-state index is -0.586. The summed E-state index contributed by atoms with van der Waals surface area (Å²) >= 11 is 11.9. The van der Waals surface area contributed by atoms with Crippen molar-refractivity contribution in [2.24, 2.45) is 0 Å². The number of hydrogen-bond donors (Lipinski definition) is 1. The molecule has 2 rings (SSSR count). The van der Waals surface area contributed by atoms with Crippen molar-refractivity contribution in [3.8, 4) is 5.75 Å². The molecule has 0 heterocycles. The first kappa shape index (κ1) is 15.5. The predicted molar refractivity (Wildman–Crippen MR) is 83.0 cm³/mol. The van der Waals surface area contributed by atoms with Crippen LogP contribution in [0, 0.1) is 0 Å². The molecule has 0 bridgehead atoms. The van der Waals surface area contributed by atoms with Gasteiger partial charge in [0, 0.05) is 5.69 Å². The molecular weight excluding hydrogens is 313 g/mol. The Bertz CT molecular complexity index is 674. The van der Waals surface area contributed by atoms with Gasteiger partial charge in [-0.2, -0.15) is 0 Å². The van der Waals surface area contributed by atoms with Gasteiger partial charge in [-0.15, -0.1) is 0 Å². The lowest BCUT2D eigenvalue weighted by atomic mass is 10.2. The zero-order valence-electron chi connectivity index (χ0n) is 11.2. The number of esters is 1. The van der Waals surface area contributed by atoms with Crippen molar-refractivity contribution in [1.82, 2.24) is 0 Å². The van der Waals surface area contributed by atoms with E-state index in [2.05, 4.69) is 0 Å². The van der Waals surface area contributed by atoms with Gasteiger partial charge in [-0.05, 0) is 29.8 Å². The molecule has 0 aliphatic rings. The highest BCUT2D eigenvalue weighted by atomic mass is 35.5. The molecule has 0 aliphatic heterocycles. The number of hydrogen-bond acceptors (Lipinski definition) is 4. The summed E-state index contributed by atoms with van der Waals surface area (Å²) in [7, 11) is 1.57. The summed E-state index contributed by atoms with van der Waals surface area (Å²) in [5, 5.41) is 0.339. The number of benzene rings is 2. The molecule has 4 nitrogen and oxygen atoms in total. The molecular formula is C15H13Cl2NO3. The number of halogens is 2. The van der Waals surface area contributed by atoms with E-state index in [1.807, 2.05) is 12.1 Å². The molecule has 0 unspecified atom stereocenters. The van der Waals surface area contributed by atoms with E-state index in [0.717, 1.165) is 5.56 Å². The van der Waals surface area contributed by atoms with E-state index in [4.69, 9.17) is 38.4 Å². The van der Waals surface area contributed by atoms with Gasteiger partial charge in [-0.3, -0.25) is 0 Å². The Morgan fingerprint density at radius 1 is 1.24 bits per heavy atom. The lowest BCUT2D eigenvalue weighted by molar-refractivity contribution is 0.0472. The monoisotopic (exact) mass is 325 g/mol. The van der Waals surface area contributed by atoms with Gasteiger partial charge in [0.05, 0.1) is 22.7 Å². The summed E-state index contributed by atoms with van der Waals surface area (Å²) in [6.45, 7) is 0.0960. The summed E-state index contributed by atoms with van der Waals surface area (Å²) in [6, 6.07) is 10.1. The summed E-state index contributed by atoms with van der Waals surface area (Å²) in [5.74, 6) is 0.102. The first-order chi connectivity index (χ1) is 10.0. The zero-order chi connectivity index (χ0) is 15.4. The number of ether oxygens (including phenoxy) is 2. The third-order valence-electron chi connectivity index (χ3n) is 2.77. The highest BCUT2D eigenvalue weighted by Gasteiger charge is 2.15. The maximum Gasteiger partial charge on any atom is 0.340 e. The maximum absolute atomic E-state index is 12.0. The Morgan fingerprint density at radius 2 is 2.00 bits per heavy atom. The van der Waals surface area contributed by atoms with E-state index in [1.165, 1.54) is 12.1 Å². The number of anilines is 1. The van der Waals surface area contributed by atoms with E-state index in [0.29, 0.717) is 11.4 Å². The number of carbonyl (C=O) groups is 1. The number of rotatable bonds is 4. The Morgan fingerprint density at radius 3 is 2.71 bits per heavy atom. The van der Waals surface area contributed by atoms with E-state index < -0.39 is 5.97 Å². The summed E-state index contributed by atoms with van der Waals surface area (Å²) < 4.78 is 10.3.